The number of imidazole rings is 1. The smallest absolute Gasteiger partial charge is 0.404 e. The van der Waals surface area contributed by atoms with Gasteiger partial charge in [-0.1, -0.05) is 18.2 Å². The van der Waals surface area contributed by atoms with Gasteiger partial charge in [0.15, 0.2) is 5.82 Å². The van der Waals surface area contributed by atoms with E-state index in [1.165, 1.54) is 0 Å². The number of para-hydroxylation sites is 1. The molecule has 3 aromatic rings. The molecule has 0 fully saturated rings. The van der Waals surface area contributed by atoms with E-state index >= 15 is 0 Å². The van der Waals surface area contributed by atoms with Gasteiger partial charge in [-0.05, 0) is 19.4 Å². The molecule has 0 aliphatic heterocycles. The lowest BCUT2D eigenvalue weighted by molar-refractivity contribution is 0.194. The highest BCUT2D eigenvalue weighted by Crippen LogP contribution is 2.29. The van der Waals surface area contributed by atoms with Crippen molar-refractivity contribution in [3.63, 3.8) is 0 Å². The monoisotopic (exact) mass is 299 g/mol. The van der Waals surface area contributed by atoms with Crippen molar-refractivity contribution in [1.29, 1.82) is 0 Å². The minimum atomic E-state index is -1.01. The summed E-state index contributed by atoms with van der Waals surface area (Å²) in [6, 6.07) is 7.86. The molecule has 1 atom stereocenters. The topological polar surface area (TPSA) is 106 Å². The summed E-state index contributed by atoms with van der Waals surface area (Å²) in [5.74, 6) is 0.406. The van der Waals surface area contributed by atoms with Gasteiger partial charge in [0, 0.05) is 18.0 Å². The van der Waals surface area contributed by atoms with Gasteiger partial charge in [-0.2, -0.15) is 0 Å². The van der Waals surface area contributed by atoms with E-state index in [4.69, 9.17) is 10.8 Å². The number of nitrogen functional groups attached to an aromatic ring is 1. The van der Waals surface area contributed by atoms with Crippen LogP contribution in [0.1, 0.15) is 19.4 Å². The summed E-state index contributed by atoms with van der Waals surface area (Å²) >= 11 is 0. The largest absolute Gasteiger partial charge is 0.465 e. The van der Waals surface area contributed by atoms with E-state index in [2.05, 4.69) is 15.3 Å². The fourth-order valence-corrected chi connectivity index (χ4v) is 2.63. The van der Waals surface area contributed by atoms with Gasteiger partial charge in [-0.15, -0.1) is 0 Å². The molecule has 1 unspecified atom stereocenters. The Kier molecular flexibility index (Phi) is 3.54. The van der Waals surface area contributed by atoms with E-state index in [0.717, 1.165) is 16.4 Å². The number of pyridine rings is 1. The molecular weight excluding hydrogens is 282 g/mol. The quantitative estimate of drug-likeness (QED) is 0.686. The van der Waals surface area contributed by atoms with Crippen LogP contribution in [0.2, 0.25) is 0 Å². The molecule has 0 radical (unpaired) electrons. The number of anilines is 1. The molecule has 7 heteroatoms. The summed E-state index contributed by atoms with van der Waals surface area (Å²) in [4.78, 5) is 19.3. The Hall–Kier alpha value is -2.83. The van der Waals surface area contributed by atoms with E-state index in [9.17, 15) is 4.79 Å². The van der Waals surface area contributed by atoms with Crippen LogP contribution in [-0.2, 0) is 0 Å². The van der Waals surface area contributed by atoms with Crippen molar-refractivity contribution in [2.45, 2.75) is 19.4 Å². The van der Waals surface area contributed by atoms with Crippen molar-refractivity contribution < 1.29 is 9.90 Å². The molecule has 4 N–H and O–H groups in total. The van der Waals surface area contributed by atoms with Gasteiger partial charge in [-0.25, -0.2) is 14.8 Å². The summed E-state index contributed by atoms with van der Waals surface area (Å²) in [6.45, 7) is 2.41. The van der Waals surface area contributed by atoms with Crippen molar-refractivity contribution in [3.05, 3.63) is 30.6 Å². The molecule has 3 rings (SSSR count). The molecule has 7 nitrogen and oxygen atoms in total. The number of carboxylic acid groups (broad SMARTS) is 1. The van der Waals surface area contributed by atoms with Crippen molar-refractivity contribution in [3.8, 4) is 0 Å². The van der Waals surface area contributed by atoms with E-state index in [1.54, 1.807) is 6.33 Å². The molecular formula is C15H17N5O2. The summed E-state index contributed by atoms with van der Waals surface area (Å²) < 4.78 is 2.03. The van der Waals surface area contributed by atoms with Gasteiger partial charge in [0.25, 0.3) is 0 Å². The molecule has 114 valence electrons. The SMILES string of the molecule is CC(CCNC(=O)O)n1cnc2c(N)nc3ccccc3c21. The van der Waals surface area contributed by atoms with Crippen molar-refractivity contribution in [1.82, 2.24) is 19.9 Å². The third kappa shape index (κ3) is 2.41. The van der Waals surface area contributed by atoms with E-state index in [0.29, 0.717) is 24.3 Å². The second kappa shape index (κ2) is 5.51. The van der Waals surface area contributed by atoms with Crippen molar-refractivity contribution in [2.75, 3.05) is 12.3 Å². The van der Waals surface area contributed by atoms with Gasteiger partial charge >= 0.3 is 6.09 Å². The predicted molar refractivity (Wildman–Crippen MR) is 84.8 cm³/mol. The van der Waals surface area contributed by atoms with E-state index < -0.39 is 6.09 Å². The van der Waals surface area contributed by atoms with E-state index in [1.807, 2.05) is 35.8 Å². The van der Waals surface area contributed by atoms with Gasteiger partial charge in [0.05, 0.1) is 17.4 Å². The standard InChI is InChI=1S/C15H17N5O2/c1-9(6-7-17-15(21)22)20-8-18-12-13(20)10-4-2-3-5-11(10)19-14(12)16/h2-5,8-9,17H,6-7H2,1H3,(H2,16,19)(H,21,22). The van der Waals surface area contributed by atoms with Crippen molar-refractivity contribution >= 4 is 33.8 Å². The maximum absolute atomic E-state index is 10.5. The Morgan fingerprint density at radius 3 is 3.00 bits per heavy atom. The highest BCUT2D eigenvalue weighted by molar-refractivity contribution is 6.06. The number of hydrogen-bond acceptors (Lipinski definition) is 4. The fourth-order valence-electron chi connectivity index (χ4n) is 2.63. The molecule has 0 aliphatic rings. The van der Waals surface area contributed by atoms with Gasteiger partial charge in [0.2, 0.25) is 0 Å². The number of rotatable bonds is 4. The fraction of sp³-hybridized carbons (Fsp3) is 0.267. The maximum atomic E-state index is 10.5. The Bertz CT molecular complexity index is 842. The zero-order valence-corrected chi connectivity index (χ0v) is 12.2. The highest BCUT2D eigenvalue weighted by Gasteiger charge is 2.15. The Morgan fingerprint density at radius 2 is 2.23 bits per heavy atom. The first-order chi connectivity index (χ1) is 10.6. The normalized spacial score (nSPS) is 12.6. The average Bonchev–Trinajstić information content (AvgIpc) is 2.92. The molecule has 0 spiro atoms. The van der Waals surface area contributed by atoms with Gasteiger partial charge in [0.1, 0.15) is 5.52 Å². The van der Waals surface area contributed by atoms with Crippen LogP contribution in [0.25, 0.3) is 21.9 Å². The minimum absolute atomic E-state index is 0.0852. The molecule has 2 aromatic heterocycles. The first-order valence-corrected chi connectivity index (χ1v) is 7.05. The molecule has 0 saturated heterocycles. The second-order valence-electron chi connectivity index (χ2n) is 5.23. The van der Waals surface area contributed by atoms with Gasteiger partial charge < -0.3 is 20.7 Å². The highest BCUT2D eigenvalue weighted by atomic mass is 16.4. The number of nitrogens with one attached hydrogen (secondary N) is 1. The van der Waals surface area contributed by atoms with E-state index in [-0.39, 0.29) is 6.04 Å². The second-order valence-corrected chi connectivity index (χ2v) is 5.23. The van der Waals surface area contributed by atoms with Crippen LogP contribution in [0.15, 0.2) is 30.6 Å². The zero-order chi connectivity index (χ0) is 15.7. The third-order valence-corrected chi connectivity index (χ3v) is 3.75. The number of fused-ring (bicyclic) bond motifs is 3. The van der Waals surface area contributed by atoms with Crippen LogP contribution < -0.4 is 11.1 Å². The Labute approximate surface area is 126 Å². The Morgan fingerprint density at radius 1 is 1.45 bits per heavy atom. The lowest BCUT2D eigenvalue weighted by atomic mass is 10.1. The average molecular weight is 299 g/mol. The minimum Gasteiger partial charge on any atom is -0.465 e. The van der Waals surface area contributed by atoms with Crippen LogP contribution >= 0.6 is 0 Å². The molecule has 22 heavy (non-hydrogen) atoms. The predicted octanol–water partition coefficient (Wildman–Crippen LogP) is 2.39. The van der Waals surface area contributed by atoms with Crippen LogP contribution in [0.3, 0.4) is 0 Å². The summed E-state index contributed by atoms with van der Waals surface area (Å²) in [5, 5.41) is 12.0. The van der Waals surface area contributed by atoms with Crippen LogP contribution in [0.5, 0.6) is 0 Å². The van der Waals surface area contributed by atoms with Crippen molar-refractivity contribution in [2.24, 2.45) is 0 Å². The van der Waals surface area contributed by atoms with Crippen LogP contribution in [0.4, 0.5) is 10.6 Å². The van der Waals surface area contributed by atoms with Crippen LogP contribution in [-0.4, -0.2) is 32.3 Å². The molecule has 1 aromatic carbocycles. The summed E-state index contributed by atoms with van der Waals surface area (Å²) in [6.07, 6.45) is 1.39. The first kappa shape index (κ1) is 14.1. The first-order valence-electron chi connectivity index (χ1n) is 7.05. The number of nitrogens with two attached hydrogens (primary N) is 1. The number of amides is 1. The molecule has 0 bridgehead atoms. The molecule has 1 amide bonds. The lowest BCUT2D eigenvalue weighted by Crippen LogP contribution is -2.23. The lowest BCUT2D eigenvalue weighted by Gasteiger charge is -2.15. The third-order valence-electron chi connectivity index (χ3n) is 3.75. The number of benzene rings is 1. The molecule has 0 saturated carbocycles. The molecule has 2 heterocycles. The zero-order valence-electron chi connectivity index (χ0n) is 12.2. The number of carbonyl (C=O) groups is 1. The maximum Gasteiger partial charge on any atom is 0.404 e. The number of aromatic nitrogens is 3. The Balaban J connectivity index is 2.05. The summed E-state index contributed by atoms with van der Waals surface area (Å²) in [7, 11) is 0. The molecule has 0 aliphatic carbocycles. The van der Waals surface area contributed by atoms with Gasteiger partial charge in [-0.3, -0.25) is 0 Å². The summed E-state index contributed by atoms with van der Waals surface area (Å²) in [5.41, 5.74) is 8.44. The van der Waals surface area contributed by atoms with Crippen LogP contribution in [0, 0.1) is 0 Å². The number of nitrogens with zero attached hydrogens (tertiary/aromatic N) is 3. The number of hydrogen-bond donors (Lipinski definition) is 3.